The van der Waals surface area contributed by atoms with Gasteiger partial charge in [0.2, 0.25) is 0 Å². The van der Waals surface area contributed by atoms with Gasteiger partial charge in [0.1, 0.15) is 0 Å². The van der Waals surface area contributed by atoms with Crippen LogP contribution in [0, 0.1) is 15.9 Å². The van der Waals surface area contributed by atoms with Crippen molar-refractivity contribution in [1.29, 1.82) is 0 Å². The Morgan fingerprint density at radius 3 is 2.58 bits per heavy atom. The van der Waals surface area contributed by atoms with Crippen molar-refractivity contribution in [3.63, 3.8) is 0 Å². The predicted molar refractivity (Wildman–Crippen MR) is 30.3 cm³/mol. The van der Waals surface area contributed by atoms with E-state index < -0.39 is 22.3 Å². The van der Waals surface area contributed by atoms with E-state index in [-0.39, 0.29) is 29.6 Å². The van der Waals surface area contributed by atoms with Crippen molar-refractivity contribution in [3.05, 3.63) is 28.2 Å². The molecule has 1 aromatic rings. The molecule has 7 heteroatoms. The Hall–Kier alpha value is -0.720. The van der Waals surface area contributed by atoms with Crippen LogP contribution >= 0.6 is 0 Å². The Bertz CT molecular complexity index is 307. The summed E-state index contributed by atoms with van der Waals surface area (Å²) in [5.74, 6) is -2.75. The molecule has 0 aromatic carbocycles. The van der Waals surface area contributed by atoms with Crippen LogP contribution in [0.4, 0.5) is 10.2 Å². The zero-order valence-corrected chi connectivity index (χ0v) is 8.15. The molecule has 0 saturated carbocycles. The third-order valence-corrected chi connectivity index (χ3v) is 0.972. The number of nitrogens with zero attached hydrogens (tertiary/aromatic N) is 2. The normalized spacial score (nSPS) is 8.75. The summed E-state index contributed by atoms with van der Waals surface area (Å²) < 4.78 is 12.1. The van der Waals surface area contributed by atoms with Gasteiger partial charge in [0.25, 0.3) is 0 Å². The maximum Gasteiger partial charge on any atom is 1.00 e. The minimum absolute atomic E-state index is 0. The minimum atomic E-state index is -1.02. The average molecular weight is 180 g/mol. The van der Waals surface area contributed by atoms with Gasteiger partial charge in [0.15, 0.2) is 12.0 Å². The zero-order valence-electron chi connectivity index (χ0n) is 6.15. The van der Waals surface area contributed by atoms with Crippen molar-refractivity contribution in [2.24, 2.45) is 0 Å². The van der Waals surface area contributed by atoms with Crippen molar-refractivity contribution in [1.82, 2.24) is 4.98 Å². The van der Waals surface area contributed by atoms with Crippen LogP contribution in [0.3, 0.4) is 0 Å². The number of hydrogen-bond donors (Lipinski definition) is 0. The number of rotatable bonds is 1. The molecular formula is C5H2FN2NaO3. The van der Waals surface area contributed by atoms with Gasteiger partial charge in [-0.2, -0.15) is 0 Å². The van der Waals surface area contributed by atoms with Gasteiger partial charge in [0, 0.05) is 0 Å². The first-order valence-electron chi connectivity index (χ1n) is 2.58. The van der Waals surface area contributed by atoms with Gasteiger partial charge in [-0.3, -0.25) is 0 Å². The van der Waals surface area contributed by atoms with Crippen LogP contribution in [0.2, 0.25) is 0 Å². The van der Waals surface area contributed by atoms with Gasteiger partial charge in [-0.15, -0.1) is 0 Å². The summed E-state index contributed by atoms with van der Waals surface area (Å²) in [7, 11) is 0. The van der Waals surface area contributed by atoms with Crippen molar-refractivity contribution >= 4 is 5.82 Å². The number of nitro groups is 1. The Kier molecular flexibility index (Phi) is 4.08. The Morgan fingerprint density at radius 2 is 2.17 bits per heavy atom. The predicted octanol–water partition coefficient (Wildman–Crippen LogP) is -2.79. The van der Waals surface area contributed by atoms with E-state index in [1.165, 1.54) is 0 Å². The summed E-state index contributed by atoms with van der Waals surface area (Å²) in [4.78, 5) is 12.0. The second-order valence-corrected chi connectivity index (χ2v) is 1.73. The standard InChI is InChI=1S/C5H3FN2O3.Na/c6-3-1-4(9)5(7-2-3)8(10)11;/h1-2,9H;/q;+1/p-1. The van der Waals surface area contributed by atoms with E-state index in [4.69, 9.17) is 0 Å². The molecule has 0 atom stereocenters. The molecule has 58 valence electrons. The van der Waals surface area contributed by atoms with Crippen LogP contribution < -0.4 is 34.7 Å². The van der Waals surface area contributed by atoms with E-state index >= 15 is 0 Å². The van der Waals surface area contributed by atoms with Crippen LogP contribution in [0.15, 0.2) is 12.3 Å². The molecule has 1 aromatic heterocycles. The second kappa shape index (κ2) is 4.34. The molecule has 0 N–H and O–H groups in total. The van der Waals surface area contributed by atoms with Crippen molar-refractivity contribution in [2.75, 3.05) is 0 Å². The first kappa shape index (κ1) is 11.3. The van der Waals surface area contributed by atoms with Crippen LogP contribution in [0.1, 0.15) is 0 Å². The van der Waals surface area contributed by atoms with Crippen LogP contribution in [0.25, 0.3) is 0 Å². The Labute approximate surface area is 88.7 Å². The molecule has 0 spiro atoms. The molecule has 0 radical (unpaired) electrons. The molecule has 1 heterocycles. The summed E-state index contributed by atoms with van der Waals surface area (Å²) >= 11 is 0. The topological polar surface area (TPSA) is 79.1 Å². The summed E-state index contributed by atoms with van der Waals surface area (Å²) in [5, 5.41) is 20.5. The SMILES string of the molecule is O=[N+]([O-])c1ncc(F)cc1[O-].[Na+]. The molecule has 0 amide bonds. The summed E-state index contributed by atoms with van der Waals surface area (Å²) in [6.07, 6.45) is 0.625. The maximum atomic E-state index is 12.1. The van der Waals surface area contributed by atoms with Gasteiger partial charge in [-0.05, 0) is 21.7 Å². The van der Waals surface area contributed by atoms with Crippen molar-refractivity contribution in [3.8, 4) is 5.75 Å². The summed E-state index contributed by atoms with van der Waals surface area (Å²) in [5.41, 5.74) is 0. The Morgan fingerprint density at radius 1 is 1.58 bits per heavy atom. The van der Waals surface area contributed by atoms with Crippen LogP contribution in [-0.2, 0) is 0 Å². The van der Waals surface area contributed by atoms with Gasteiger partial charge in [-0.25, -0.2) is 4.39 Å². The molecule has 0 unspecified atom stereocenters. The molecular weight excluding hydrogens is 178 g/mol. The van der Waals surface area contributed by atoms with E-state index in [0.29, 0.717) is 12.3 Å². The largest absolute Gasteiger partial charge is 1.00 e. The fourth-order valence-electron chi connectivity index (χ4n) is 0.551. The molecule has 0 aliphatic carbocycles. The summed E-state index contributed by atoms with van der Waals surface area (Å²) in [6, 6.07) is 0.519. The van der Waals surface area contributed by atoms with E-state index in [1.807, 2.05) is 0 Å². The van der Waals surface area contributed by atoms with Gasteiger partial charge in [0.05, 0.1) is 0 Å². The van der Waals surface area contributed by atoms with Crippen molar-refractivity contribution in [2.45, 2.75) is 0 Å². The molecule has 5 nitrogen and oxygen atoms in total. The van der Waals surface area contributed by atoms with Gasteiger partial charge in [-0.1, -0.05) is 0 Å². The first-order valence-corrected chi connectivity index (χ1v) is 2.58. The van der Waals surface area contributed by atoms with E-state index in [9.17, 15) is 19.6 Å². The molecule has 1 rings (SSSR count). The first-order chi connectivity index (χ1) is 5.11. The molecule has 0 saturated heterocycles. The maximum absolute atomic E-state index is 12.1. The van der Waals surface area contributed by atoms with Crippen LogP contribution in [-0.4, -0.2) is 9.91 Å². The van der Waals surface area contributed by atoms with Crippen molar-refractivity contribution < 1.29 is 44.0 Å². The number of halogens is 1. The average Bonchev–Trinajstić information content (AvgIpc) is 1.85. The zero-order chi connectivity index (χ0) is 8.43. The van der Waals surface area contributed by atoms with Crippen LogP contribution in [0.5, 0.6) is 5.75 Å². The quantitative estimate of drug-likeness (QED) is 0.266. The molecule has 0 bridgehead atoms. The van der Waals surface area contributed by atoms with Gasteiger partial charge < -0.3 is 15.2 Å². The van der Waals surface area contributed by atoms with E-state index in [1.54, 1.807) is 0 Å². The van der Waals surface area contributed by atoms with Gasteiger partial charge >= 0.3 is 35.4 Å². The number of hydrogen-bond acceptors (Lipinski definition) is 4. The molecule has 0 aliphatic rings. The molecule has 0 fully saturated rings. The third kappa shape index (κ3) is 2.40. The molecule has 12 heavy (non-hydrogen) atoms. The number of pyridine rings is 1. The van der Waals surface area contributed by atoms with E-state index in [0.717, 1.165) is 0 Å². The third-order valence-electron chi connectivity index (χ3n) is 0.972. The smallest absolute Gasteiger partial charge is 0.867 e. The molecule has 0 aliphatic heterocycles. The Balaban J connectivity index is 0.00000121. The monoisotopic (exact) mass is 180 g/mol. The second-order valence-electron chi connectivity index (χ2n) is 1.73. The number of aromatic nitrogens is 1. The van der Waals surface area contributed by atoms with E-state index in [2.05, 4.69) is 4.98 Å². The minimum Gasteiger partial charge on any atom is -0.867 e. The fourth-order valence-corrected chi connectivity index (χ4v) is 0.551. The fraction of sp³-hybridized carbons (Fsp3) is 0. The summed E-state index contributed by atoms with van der Waals surface area (Å²) in [6.45, 7) is 0.